The monoisotopic (exact) mass is 477 g/mol. The lowest BCUT2D eigenvalue weighted by molar-refractivity contribution is -0.00538. The predicted molar refractivity (Wildman–Crippen MR) is 142 cm³/mol. The minimum Gasteiger partial charge on any atom is -0.478 e. The van der Waals surface area contributed by atoms with E-state index in [1.54, 1.807) is 12.1 Å². The third-order valence-electron chi connectivity index (χ3n) is 8.17. The summed E-state index contributed by atoms with van der Waals surface area (Å²) in [4.78, 5) is 19.7. The fraction of sp³-hybridized carbons (Fsp3) is 0.464. The normalized spacial score (nSPS) is 24.9. The maximum absolute atomic E-state index is 11.4. The van der Waals surface area contributed by atoms with Crippen molar-refractivity contribution in [2.45, 2.75) is 50.4 Å². The number of nitrogens with one attached hydrogen (secondary N) is 1. The predicted octanol–water partition coefficient (Wildman–Crippen LogP) is 6.09. The van der Waals surface area contributed by atoms with Gasteiger partial charge in [-0.05, 0) is 91.8 Å². The molecule has 0 amide bonds. The molecule has 1 atom stereocenters. The first-order valence-corrected chi connectivity index (χ1v) is 13.5. The van der Waals surface area contributed by atoms with Crippen LogP contribution in [-0.2, 0) is 6.54 Å². The Morgan fingerprint density at radius 2 is 1.94 bits per heavy atom. The van der Waals surface area contributed by atoms with E-state index >= 15 is 0 Å². The number of benzene rings is 2. The number of aromatic nitrogens is 1. The second-order valence-corrected chi connectivity index (χ2v) is 11.6. The molecule has 180 valence electrons. The van der Waals surface area contributed by atoms with Crippen LogP contribution >= 0.6 is 11.8 Å². The Bertz CT molecular complexity index is 1190. The smallest absolute Gasteiger partial charge is 0.335 e. The number of carbonyl (C=O) groups is 1. The number of likely N-dealkylation sites (tertiary alicyclic amines) is 1. The summed E-state index contributed by atoms with van der Waals surface area (Å²) in [6.07, 6.45) is 9.29. The summed E-state index contributed by atoms with van der Waals surface area (Å²) >= 11 is 2.01. The molecular formula is C28H35N3O2S. The molecule has 2 fully saturated rings. The van der Waals surface area contributed by atoms with Crippen LogP contribution in [0, 0.1) is 12.3 Å². The first kappa shape index (κ1) is 23.3. The van der Waals surface area contributed by atoms with Crippen LogP contribution in [0.1, 0.15) is 58.8 Å². The van der Waals surface area contributed by atoms with Gasteiger partial charge in [-0.3, -0.25) is 4.90 Å². The van der Waals surface area contributed by atoms with Gasteiger partial charge in [-0.25, -0.2) is 4.79 Å². The van der Waals surface area contributed by atoms with E-state index in [0.29, 0.717) is 17.0 Å². The summed E-state index contributed by atoms with van der Waals surface area (Å²) in [7, 11) is 4.25. The van der Waals surface area contributed by atoms with E-state index in [2.05, 4.69) is 54.2 Å². The number of piperidine rings is 1. The Kier molecular flexibility index (Phi) is 6.15. The SMILES string of the molecule is CSC1CC2(CCN(Cc3c(N(C)C)cc(C)c4[nH]ccc34)[C@H](c3ccc(C(=O)O)cc3)C2)C1. The number of anilines is 1. The minimum atomic E-state index is -0.865. The number of fused-ring (bicyclic) bond motifs is 1. The molecule has 1 aliphatic heterocycles. The molecule has 1 saturated carbocycles. The number of hydrogen-bond donors (Lipinski definition) is 2. The second kappa shape index (κ2) is 8.97. The van der Waals surface area contributed by atoms with Crippen LogP contribution in [0.15, 0.2) is 42.6 Å². The largest absolute Gasteiger partial charge is 0.478 e. The van der Waals surface area contributed by atoms with Crippen molar-refractivity contribution in [2.24, 2.45) is 5.41 Å². The lowest BCUT2D eigenvalue weighted by Gasteiger charge is -2.55. The Balaban J connectivity index is 1.51. The number of aromatic amines is 1. The zero-order valence-corrected chi connectivity index (χ0v) is 21.4. The fourth-order valence-electron chi connectivity index (χ4n) is 6.21. The van der Waals surface area contributed by atoms with Crippen molar-refractivity contribution >= 4 is 34.3 Å². The molecule has 6 heteroatoms. The summed E-state index contributed by atoms with van der Waals surface area (Å²) < 4.78 is 0. The van der Waals surface area contributed by atoms with Crippen molar-refractivity contribution < 1.29 is 9.90 Å². The number of H-pyrrole nitrogens is 1. The lowest BCUT2D eigenvalue weighted by Crippen LogP contribution is -2.49. The van der Waals surface area contributed by atoms with Crippen LogP contribution in [0.25, 0.3) is 10.9 Å². The molecule has 2 heterocycles. The highest BCUT2D eigenvalue weighted by Gasteiger charge is 2.48. The lowest BCUT2D eigenvalue weighted by atomic mass is 9.60. The van der Waals surface area contributed by atoms with E-state index in [0.717, 1.165) is 24.8 Å². The molecule has 3 aromatic rings. The number of carboxylic acids is 1. The maximum atomic E-state index is 11.4. The molecule has 34 heavy (non-hydrogen) atoms. The number of thioether (sulfide) groups is 1. The highest BCUT2D eigenvalue weighted by atomic mass is 32.2. The molecule has 2 aliphatic rings. The van der Waals surface area contributed by atoms with Crippen LogP contribution < -0.4 is 4.90 Å². The van der Waals surface area contributed by atoms with Crippen molar-refractivity contribution in [3.63, 3.8) is 0 Å². The molecule has 2 N–H and O–H groups in total. The third kappa shape index (κ3) is 4.11. The molecule has 0 unspecified atom stereocenters. The molecule has 1 saturated heterocycles. The molecule has 0 radical (unpaired) electrons. The molecule has 5 nitrogen and oxygen atoms in total. The van der Waals surface area contributed by atoms with Gasteiger partial charge < -0.3 is 15.0 Å². The number of hydrogen-bond acceptors (Lipinski definition) is 4. The number of rotatable bonds is 6. The van der Waals surface area contributed by atoms with Crippen LogP contribution in [0.2, 0.25) is 0 Å². The van der Waals surface area contributed by atoms with Gasteiger partial charge in [-0.2, -0.15) is 11.8 Å². The van der Waals surface area contributed by atoms with E-state index in [9.17, 15) is 9.90 Å². The summed E-state index contributed by atoms with van der Waals surface area (Å²) in [6.45, 7) is 4.13. The van der Waals surface area contributed by atoms with Crippen molar-refractivity contribution in [3.8, 4) is 0 Å². The fourth-order valence-corrected chi connectivity index (χ4v) is 7.25. The van der Waals surface area contributed by atoms with Gasteiger partial charge >= 0.3 is 5.97 Å². The van der Waals surface area contributed by atoms with Crippen LogP contribution in [0.4, 0.5) is 5.69 Å². The van der Waals surface area contributed by atoms with E-state index in [1.165, 1.54) is 52.5 Å². The van der Waals surface area contributed by atoms with E-state index < -0.39 is 5.97 Å². The van der Waals surface area contributed by atoms with Gasteiger partial charge in [0.15, 0.2) is 0 Å². The standard InChI is InChI=1S/C28H35N3O2S/c1-18-13-24(30(2)3)23(22-9-11-29-26(18)22)17-31-12-10-28(14-21(15-28)34-4)16-25(31)19-5-7-20(8-6-19)27(32)33/h5-9,11,13,21,25,29H,10,12,14-17H2,1-4H3,(H,32,33)/t21?,25-,28?/m0/s1. The number of nitrogens with zero attached hydrogens (tertiary/aromatic N) is 2. The van der Waals surface area contributed by atoms with E-state index in [1.807, 2.05) is 30.1 Å². The molecule has 1 aliphatic carbocycles. The van der Waals surface area contributed by atoms with Crippen molar-refractivity contribution in [3.05, 3.63) is 64.8 Å². The molecule has 5 rings (SSSR count). The topological polar surface area (TPSA) is 59.6 Å². The quantitative estimate of drug-likeness (QED) is 0.450. The number of carboxylic acid groups (broad SMARTS) is 1. The van der Waals surface area contributed by atoms with E-state index in [4.69, 9.17) is 0 Å². The van der Waals surface area contributed by atoms with Gasteiger partial charge in [0.25, 0.3) is 0 Å². The molecular weight excluding hydrogens is 442 g/mol. The van der Waals surface area contributed by atoms with Gasteiger partial charge in [-0.15, -0.1) is 0 Å². The summed E-state index contributed by atoms with van der Waals surface area (Å²) in [5.41, 5.74) is 7.15. The first-order chi connectivity index (χ1) is 16.3. The molecule has 1 spiro atoms. The number of aromatic carboxylic acids is 1. The van der Waals surface area contributed by atoms with Crippen molar-refractivity contribution in [2.75, 3.05) is 31.8 Å². The highest BCUT2D eigenvalue weighted by Crippen LogP contribution is 2.57. The maximum Gasteiger partial charge on any atom is 0.335 e. The van der Waals surface area contributed by atoms with Crippen molar-refractivity contribution in [1.29, 1.82) is 0 Å². The zero-order valence-electron chi connectivity index (χ0n) is 20.6. The average Bonchev–Trinajstić information content (AvgIpc) is 3.30. The van der Waals surface area contributed by atoms with Gasteiger partial charge in [0.05, 0.1) is 5.56 Å². The minimum absolute atomic E-state index is 0.296. The number of aryl methyl sites for hydroxylation is 1. The Hall–Kier alpha value is -2.44. The van der Waals surface area contributed by atoms with Crippen molar-refractivity contribution in [1.82, 2.24) is 9.88 Å². The summed E-state index contributed by atoms with van der Waals surface area (Å²) in [5, 5.41) is 11.5. The molecule has 0 bridgehead atoms. The van der Waals surface area contributed by atoms with Gasteiger partial charge in [0, 0.05) is 54.7 Å². The Labute approximate surface area is 206 Å². The second-order valence-electron chi connectivity index (χ2n) is 10.5. The Morgan fingerprint density at radius 1 is 1.21 bits per heavy atom. The highest BCUT2D eigenvalue weighted by molar-refractivity contribution is 7.99. The van der Waals surface area contributed by atoms with Crippen LogP contribution in [0.3, 0.4) is 0 Å². The van der Waals surface area contributed by atoms with Gasteiger partial charge in [0.1, 0.15) is 0 Å². The first-order valence-electron chi connectivity index (χ1n) is 12.2. The third-order valence-corrected chi connectivity index (χ3v) is 9.17. The van der Waals surface area contributed by atoms with Gasteiger partial charge in [0.2, 0.25) is 0 Å². The average molecular weight is 478 g/mol. The zero-order chi connectivity index (χ0) is 24.0. The van der Waals surface area contributed by atoms with E-state index in [-0.39, 0.29) is 0 Å². The Morgan fingerprint density at radius 3 is 2.59 bits per heavy atom. The summed E-state index contributed by atoms with van der Waals surface area (Å²) in [6, 6.07) is 12.4. The van der Waals surface area contributed by atoms with Crippen LogP contribution in [0.5, 0.6) is 0 Å². The molecule has 2 aromatic carbocycles. The summed E-state index contributed by atoms with van der Waals surface area (Å²) in [5.74, 6) is -0.865. The van der Waals surface area contributed by atoms with Crippen LogP contribution in [-0.4, -0.2) is 53.1 Å². The molecule has 1 aromatic heterocycles. The van der Waals surface area contributed by atoms with Gasteiger partial charge in [-0.1, -0.05) is 12.1 Å².